The molecule has 0 aliphatic carbocycles. The van der Waals surface area contributed by atoms with Crippen LogP contribution in [0.1, 0.15) is 149 Å². The lowest BCUT2D eigenvalue weighted by Crippen LogP contribution is -2.47. The topological polar surface area (TPSA) is 20.2 Å². The van der Waals surface area contributed by atoms with E-state index in [1.165, 1.54) is 39.0 Å². The van der Waals surface area contributed by atoms with Gasteiger partial charge >= 0.3 is 0 Å². The number of hydrogen-bond acceptors (Lipinski definition) is 1. The van der Waals surface area contributed by atoms with Crippen LogP contribution in [0.5, 0.6) is 0 Å². The van der Waals surface area contributed by atoms with Crippen LogP contribution in [0.2, 0.25) is 0 Å². The van der Waals surface area contributed by atoms with Crippen LogP contribution in [0, 0.1) is 46.8 Å². The molecule has 0 aromatic heterocycles. The lowest BCUT2D eigenvalue weighted by molar-refractivity contribution is -0.102. The standard InChI is InChI=1S/C32H53F5O/c1-7-8-9-10-14-17-20-25(32(38,22(2)3)23(4)5)21-18-15-12-11-13-16-19-24(6)26-27(33)29(35)31(37)30(36)28(26)34/h22-25,38H,7-21H2,1-6H3. The third-order valence-electron chi connectivity index (χ3n) is 8.59. The Labute approximate surface area is 229 Å². The molecule has 0 saturated carbocycles. The quantitative estimate of drug-likeness (QED) is 0.0743. The Balaban J connectivity index is 2.48. The molecule has 6 heteroatoms. The summed E-state index contributed by atoms with van der Waals surface area (Å²) < 4.78 is 68.3. The molecule has 0 heterocycles. The van der Waals surface area contributed by atoms with Gasteiger partial charge in [0.1, 0.15) is 0 Å². The molecule has 1 rings (SSSR count). The van der Waals surface area contributed by atoms with Gasteiger partial charge in [0.15, 0.2) is 23.3 Å². The predicted molar refractivity (Wildman–Crippen MR) is 148 cm³/mol. The molecule has 1 aromatic rings. The Kier molecular flexibility index (Phi) is 16.1. The minimum absolute atomic E-state index is 0.201. The van der Waals surface area contributed by atoms with Gasteiger partial charge in [-0.25, -0.2) is 22.0 Å². The molecule has 0 bridgehead atoms. The third-order valence-corrected chi connectivity index (χ3v) is 8.59. The van der Waals surface area contributed by atoms with Crippen LogP contribution >= 0.6 is 0 Å². The van der Waals surface area contributed by atoms with Crippen molar-refractivity contribution >= 4 is 0 Å². The second-order valence-electron chi connectivity index (χ2n) is 12.0. The highest BCUT2D eigenvalue weighted by atomic mass is 19.2. The van der Waals surface area contributed by atoms with Crippen molar-refractivity contribution in [2.45, 2.75) is 149 Å². The summed E-state index contributed by atoms with van der Waals surface area (Å²) in [6, 6.07) is 0. The number of hydrogen-bond donors (Lipinski definition) is 1. The van der Waals surface area contributed by atoms with Crippen molar-refractivity contribution in [2.75, 3.05) is 0 Å². The summed E-state index contributed by atoms with van der Waals surface area (Å²) in [5, 5.41) is 11.7. The number of halogens is 5. The van der Waals surface area contributed by atoms with Crippen LogP contribution in [0.4, 0.5) is 22.0 Å². The van der Waals surface area contributed by atoms with Gasteiger partial charge in [0.2, 0.25) is 5.82 Å². The van der Waals surface area contributed by atoms with E-state index in [0.717, 1.165) is 51.4 Å². The highest BCUT2D eigenvalue weighted by molar-refractivity contribution is 5.27. The third kappa shape index (κ3) is 9.78. The van der Waals surface area contributed by atoms with Gasteiger partial charge in [-0.05, 0) is 42.9 Å². The van der Waals surface area contributed by atoms with Gasteiger partial charge in [-0.2, -0.15) is 0 Å². The number of benzene rings is 1. The molecule has 0 amide bonds. The highest BCUT2D eigenvalue weighted by Crippen LogP contribution is 2.40. The summed E-state index contributed by atoms with van der Waals surface area (Å²) in [7, 11) is 0. The molecule has 0 aliphatic rings. The van der Waals surface area contributed by atoms with Crippen LogP contribution in [-0.2, 0) is 0 Å². The Bertz CT molecular complexity index is 771. The molecule has 2 atom stereocenters. The maximum atomic E-state index is 14.0. The first kappa shape index (κ1) is 34.9. The van der Waals surface area contributed by atoms with Crippen molar-refractivity contribution in [3.8, 4) is 0 Å². The Hall–Kier alpha value is -1.17. The van der Waals surface area contributed by atoms with E-state index in [0.29, 0.717) is 12.8 Å². The predicted octanol–water partition coefficient (Wildman–Crippen LogP) is 11.0. The second kappa shape index (κ2) is 17.5. The van der Waals surface area contributed by atoms with E-state index in [9.17, 15) is 27.1 Å². The van der Waals surface area contributed by atoms with Crippen molar-refractivity contribution in [1.82, 2.24) is 0 Å². The molecule has 2 unspecified atom stereocenters. The molecule has 222 valence electrons. The summed E-state index contributed by atoms with van der Waals surface area (Å²) in [6.07, 6.45) is 15.6. The Morgan fingerprint density at radius 3 is 1.26 bits per heavy atom. The zero-order valence-corrected chi connectivity index (χ0v) is 24.8. The molecule has 0 fully saturated rings. The van der Waals surface area contributed by atoms with Crippen LogP contribution in [0.3, 0.4) is 0 Å². The zero-order chi connectivity index (χ0) is 28.9. The summed E-state index contributed by atoms with van der Waals surface area (Å²) in [4.78, 5) is 0. The summed E-state index contributed by atoms with van der Waals surface area (Å²) in [5.41, 5.74) is -1.37. The molecule has 0 aliphatic heterocycles. The Morgan fingerprint density at radius 1 is 0.526 bits per heavy atom. The van der Waals surface area contributed by atoms with Gasteiger partial charge in [0.25, 0.3) is 0 Å². The smallest absolute Gasteiger partial charge is 0.200 e. The van der Waals surface area contributed by atoms with Crippen molar-refractivity contribution in [3.63, 3.8) is 0 Å². The van der Waals surface area contributed by atoms with E-state index in [4.69, 9.17) is 0 Å². The molecule has 1 aromatic carbocycles. The fraction of sp³-hybridized carbons (Fsp3) is 0.812. The monoisotopic (exact) mass is 548 g/mol. The Morgan fingerprint density at radius 2 is 0.868 bits per heavy atom. The van der Waals surface area contributed by atoms with Crippen molar-refractivity contribution in [3.05, 3.63) is 34.6 Å². The number of aliphatic hydroxyl groups is 1. The zero-order valence-electron chi connectivity index (χ0n) is 24.8. The summed E-state index contributed by atoms with van der Waals surface area (Å²) in [5.74, 6) is -9.34. The molecule has 0 spiro atoms. The molecule has 0 radical (unpaired) electrons. The minimum Gasteiger partial charge on any atom is -0.389 e. The summed E-state index contributed by atoms with van der Waals surface area (Å²) in [6.45, 7) is 12.2. The fourth-order valence-electron chi connectivity index (χ4n) is 6.13. The summed E-state index contributed by atoms with van der Waals surface area (Å²) >= 11 is 0. The van der Waals surface area contributed by atoms with Gasteiger partial charge in [-0.1, -0.05) is 119 Å². The van der Waals surface area contributed by atoms with E-state index >= 15 is 0 Å². The SMILES string of the molecule is CCCCCCCCC(CCCCCCCCC(C)c1c(F)c(F)c(F)c(F)c1F)C(O)(C(C)C)C(C)C. The lowest BCUT2D eigenvalue weighted by Gasteiger charge is -2.43. The first-order valence-corrected chi connectivity index (χ1v) is 15.1. The van der Waals surface area contributed by atoms with E-state index in [1.807, 2.05) is 0 Å². The highest BCUT2D eigenvalue weighted by Gasteiger charge is 2.41. The minimum atomic E-state index is -2.11. The molecular formula is C32H53F5O. The molecule has 38 heavy (non-hydrogen) atoms. The van der Waals surface area contributed by atoms with Gasteiger partial charge in [0, 0.05) is 5.56 Å². The molecule has 1 N–H and O–H groups in total. The first-order valence-electron chi connectivity index (χ1n) is 15.1. The fourth-order valence-corrected chi connectivity index (χ4v) is 6.13. The van der Waals surface area contributed by atoms with E-state index in [1.54, 1.807) is 0 Å². The van der Waals surface area contributed by atoms with Crippen LogP contribution in [0.15, 0.2) is 0 Å². The van der Waals surface area contributed by atoms with Gasteiger partial charge < -0.3 is 5.11 Å². The van der Waals surface area contributed by atoms with Crippen molar-refractivity contribution < 1.29 is 27.1 Å². The van der Waals surface area contributed by atoms with Gasteiger partial charge in [0.05, 0.1) is 5.60 Å². The van der Waals surface area contributed by atoms with E-state index < -0.39 is 46.2 Å². The van der Waals surface area contributed by atoms with Gasteiger partial charge in [-0.3, -0.25) is 0 Å². The van der Waals surface area contributed by atoms with Crippen LogP contribution < -0.4 is 0 Å². The maximum absolute atomic E-state index is 14.0. The van der Waals surface area contributed by atoms with Crippen LogP contribution in [0.25, 0.3) is 0 Å². The molecule has 0 saturated heterocycles. The normalized spacial score (nSPS) is 14.1. The average Bonchev–Trinajstić information content (AvgIpc) is 2.87. The largest absolute Gasteiger partial charge is 0.389 e. The van der Waals surface area contributed by atoms with Crippen LogP contribution in [-0.4, -0.2) is 10.7 Å². The van der Waals surface area contributed by atoms with E-state index in [-0.39, 0.29) is 17.8 Å². The average molecular weight is 549 g/mol. The van der Waals surface area contributed by atoms with Crippen molar-refractivity contribution in [2.24, 2.45) is 17.8 Å². The maximum Gasteiger partial charge on any atom is 0.200 e. The molecule has 1 nitrogen and oxygen atoms in total. The lowest BCUT2D eigenvalue weighted by atomic mass is 9.68. The van der Waals surface area contributed by atoms with Crippen molar-refractivity contribution in [1.29, 1.82) is 0 Å². The second-order valence-corrected chi connectivity index (χ2v) is 12.0. The van der Waals surface area contributed by atoms with E-state index in [2.05, 4.69) is 34.6 Å². The molecular weight excluding hydrogens is 495 g/mol. The first-order chi connectivity index (χ1) is 17.9. The number of rotatable bonds is 20. The number of unbranched alkanes of at least 4 members (excludes halogenated alkanes) is 10. The van der Waals surface area contributed by atoms with Gasteiger partial charge in [-0.15, -0.1) is 0 Å².